The molecule has 1 aliphatic heterocycles. The van der Waals surface area contributed by atoms with E-state index in [-0.39, 0.29) is 23.8 Å². The standard InChI is InChI=1S/C15H22N4O2S/c1-2-12-17-18-13(22-12)9-16-14(20)11-5-3-4-8-19(11)15(21)10-6-7-10/h10-11H,2-9H2,1H3,(H,16,20). The van der Waals surface area contributed by atoms with Gasteiger partial charge in [0.05, 0.1) is 6.54 Å². The molecule has 1 aliphatic carbocycles. The average molecular weight is 322 g/mol. The van der Waals surface area contributed by atoms with Gasteiger partial charge >= 0.3 is 0 Å². The van der Waals surface area contributed by atoms with Crippen LogP contribution >= 0.6 is 11.3 Å². The predicted molar refractivity (Wildman–Crippen MR) is 83.2 cm³/mol. The van der Waals surface area contributed by atoms with Crippen molar-refractivity contribution in [3.8, 4) is 0 Å². The minimum Gasteiger partial charge on any atom is -0.348 e. The van der Waals surface area contributed by atoms with Crippen molar-refractivity contribution in [3.63, 3.8) is 0 Å². The first-order chi connectivity index (χ1) is 10.7. The summed E-state index contributed by atoms with van der Waals surface area (Å²) < 4.78 is 0. The maximum absolute atomic E-state index is 12.5. The number of nitrogens with one attached hydrogen (secondary N) is 1. The van der Waals surface area contributed by atoms with Crippen molar-refractivity contribution in [2.24, 2.45) is 5.92 Å². The maximum atomic E-state index is 12.5. The van der Waals surface area contributed by atoms with Crippen molar-refractivity contribution in [2.45, 2.75) is 58.0 Å². The molecule has 0 bridgehead atoms. The molecule has 1 atom stereocenters. The minimum atomic E-state index is -0.305. The second-order valence-electron chi connectivity index (χ2n) is 5.98. The zero-order valence-corrected chi connectivity index (χ0v) is 13.7. The molecule has 3 rings (SSSR count). The van der Waals surface area contributed by atoms with Crippen LogP contribution in [0.5, 0.6) is 0 Å². The van der Waals surface area contributed by atoms with Crippen LogP contribution < -0.4 is 5.32 Å². The van der Waals surface area contributed by atoms with Gasteiger partial charge in [-0.2, -0.15) is 0 Å². The Balaban J connectivity index is 1.58. The zero-order valence-electron chi connectivity index (χ0n) is 12.9. The minimum absolute atomic E-state index is 0.0538. The van der Waals surface area contributed by atoms with Crippen molar-refractivity contribution in [3.05, 3.63) is 10.0 Å². The molecule has 2 heterocycles. The van der Waals surface area contributed by atoms with Gasteiger partial charge in [-0.15, -0.1) is 10.2 Å². The first kappa shape index (κ1) is 15.4. The van der Waals surface area contributed by atoms with Crippen LogP contribution in [0.4, 0.5) is 0 Å². The maximum Gasteiger partial charge on any atom is 0.243 e. The fourth-order valence-electron chi connectivity index (χ4n) is 2.82. The molecule has 120 valence electrons. The molecule has 1 aromatic rings. The molecule has 22 heavy (non-hydrogen) atoms. The Labute approximate surface area is 134 Å². The van der Waals surface area contributed by atoms with Crippen molar-refractivity contribution >= 4 is 23.2 Å². The number of carbonyl (C=O) groups is 2. The number of aryl methyl sites for hydroxylation is 1. The van der Waals surface area contributed by atoms with E-state index < -0.39 is 0 Å². The average Bonchev–Trinajstić information content (AvgIpc) is 3.30. The number of hydrogen-bond donors (Lipinski definition) is 1. The number of piperidine rings is 1. The molecular weight excluding hydrogens is 300 g/mol. The van der Waals surface area contributed by atoms with E-state index >= 15 is 0 Å². The predicted octanol–water partition coefficient (Wildman–Crippen LogP) is 1.51. The van der Waals surface area contributed by atoms with Gasteiger partial charge < -0.3 is 10.2 Å². The summed E-state index contributed by atoms with van der Waals surface area (Å²) in [5.74, 6) is 0.287. The van der Waals surface area contributed by atoms with Gasteiger partial charge in [0.2, 0.25) is 11.8 Å². The lowest BCUT2D eigenvalue weighted by Gasteiger charge is -2.34. The number of hydrogen-bond acceptors (Lipinski definition) is 5. The summed E-state index contributed by atoms with van der Waals surface area (Å²) in [5.41, 5.74) is 0. The van der Waals surface area contributed by atoms with Crippen LogP contribution in [-0.4, -0.2) is 39.5 Å². The van der Waals surface area contributed by atoms with Gasteiger partial charge in [0.25, 0.3) is 0 Å². The van der Waals surface area contributed by atoms with Gasteiger partial charge in [-0.3, -0.25) is 9.59 Å². The number of amides is 2. The fourth-order valence-corrected chi connectivity index (χ4v) is 3.54. The molecule has 1 saturated heterocycles. The highest BCUT2D eigenvalue weighted by Crippen LogP contribution is 2.33. The molecule has 1 saturated carbocycles. The second-order valence-corrected chi connectivity index (χ2v) is 7.13. The number of carbonyl (C=O) groups excluding carboxylic acids is 2. The number of rotatable bonds is 5. The van der Waals surface area contributed by atoms with Crippen molar-refractivity contribution in [2.75, 3.05) is 6.54 Å². The highest BCUT2D eigenvalue weighted by Gasteiger charge is 2.39. The number of aromatic nitrogens is 2. The lowest BCUT2D eigenvalue weighted by atomic mass is 10.0. The Bertz CT molecular complexity index is 555. The van der Waals surface area contributed by atoms with Gasteiger partial charge in [0.1, 0.15) is 16.1 Å². The monoisotopic (exact) mass is 322 g/mol. The Hall–Kier alpha value is -1.50. The summed E-state index contributed by atoms with van der Waals surface area (Å²) in [4.78, 5) is 26.6. The molecule has 1 unspecified atom stereocenters. The molecule has 1 N–H and O–H groups in total. The lowest BCUT2D eigenvalue weighted by molar-refractivity contribution is -0.143. The smallest absolute Gasteiger partial charge is 0.243 e. The molecule has 2 amide bonds. The van der Waals surface area contributed by atoms with Crippen molar-refractivity contribution < 1.29 is 9.59 Å². The van der Waals surface area contributed by atoms with E-state index in [0.717, 1.165) is 48.5 Å². The zero-order chi connectivity index (χ0) is 15.5. The molecule has 0 radical (unpaired) electrons. The van der Waals surface area contributed by atoms with E-state index in [9.17, 15) is 9.59 Å². The Morgan fingerprint density at radius 1 is 1.23 bits per heavy atom. The molecule has 1 aromatic heterocycles. The normalized spacial score (nSPS) is 21.7. The van der Waals surface area contributed by atoms with Gasteiger partial charge in [-0.05, 0) is 38.5 Å². The quantitative estimate of drug-likeness (QED) is 0.891. The van der Waals surface area contributed by atoms with E-state index in [2.05, 4.69) is 15.5 Å². The van der Waals surface area contributed by atoms with Crippen LogP contribution in [-0.2, 0) is 22.6 Å². The van der Waals surface area contributed by atoms with Crippen molar-refractivity contribution in [1.82, 2.24) is 20.4 Å². The Morgan fingerprint density at radius 2 is 2.00 bits per heavy atom. The topological polar surface area (TPSA) is 75.2 Å². The summed E-state index contributed by atoms with van der Waals surface area (Å²) in [5, 5.41) is 12.8. The molecule has 7 heteroatoms. The molecule has 2 aliphatic rings. The first-order valence-corrected chi connectivity index (χ1v) is 8.90. The van der Waals surface area contributed by atoms with Crippen LogP contribution in [0.25, 0.3) is 0 Å². The second kappa shape index (κ2) is 6.73. The highest BCUT2D eigenvalue weighted by atomic mass is 32.1. The number of nitrogens with zero attached hydrogens (tertiary/aromatic N) is 3. The number of likely N-dealkylation sites (tertiary alicyclic amines) is 1. The van der Waals surface area contributed by atoms with Crippen LogP contribution in [0.15, 0.2) is 0 Å². The summed E-state index contributed by atoms with van der Waals surface area (Å²) in [6.45, 7) is 3.15. The fraction of sp³-hybridized carbons (Fsp3) is 0.733. The van der Waals surface area contributed by atoms with E-state index in [1.54, 1.807) is 4.90 Å². The van der Waals surface area contributed by atoms with Gasteiger partial charge in [0, 0.05) is 12.5 Å². The summed E-state index contributed by atoms with van der Waals surface area (Å²) >= 11 is 1.53. The van der Waals surface area contributed by atoms with E-state index in [4.69, 9.17) is 0 Å². The largest absolute Gasteiger partial charge is 0.348 e. The van der Waals surface area contributed by atoms with Crippen LogP contribution in [0.2, 0.25) is 0 Å². The Morgan fingerprint density at radius 3 is 2.68 bits per heavy atom. The molecule has 0 spiro atoms. The summed E-state index contributed by atoms with van der Waals surface area (Å²) in [6, 6.07) is -0.305. The SMILES string of the molecule is CCc1nnc(CNC(=O)C2CCCCN2C(=O)C2CC2)s1. The van der Waals surface area contributed by atoms with Gasteiger partial charge in [-0.1, -0.05) is 18.3 Å². The van der Waals surface area contributed by atoms with Crippen LogP contribution in [0.3, 0.4) is 0 Å². The van der Waals surface area contributed by atoms with E-state index in [0.29, 0.717) is 13.1 Å². The molecule has 6 nitrogen and oxygen atoms in total. The molecule has 0 aromatic carbocycles. The summed E-state index contributed by atoms with van der Waals surface area (Å²) in [6.07, 6.45) is 5.59. The third kappa shape index (κ3) is 3.45. The van der Waals surface area contributed by atoms with Crippen LogP contribution in [0, 0.1) is 5.92 Å². The third-order valence-corrected chi connectivity index (χ3v) is 5.31. The highest BCUT2D eigenvalue weighted by molar-refractivity contribution is 7.11. The Kier molecular flexibility index (Phi) is 4.71. The van der Waals surface area contributed by atoms with Gasteiger partial charge in [-0.25, -0.2) is 0 Å². The summed E-state index contributed by atoms with van der Waals surface area (Å²) in [7, 11) is 0. The lowest BCUT2D eigenvalue weighted by Crippen LogP contribution is -2.52. The molecule has 2 fully saturated rings. The van der Waals surface area contributed by atoms with E-state index in [1.165, 1.54) is 11.3 Å². The molecular formula is C15H22N4O2S. The first-order valence-electron chi connectivity index (χ1n) is 8.08. The van der Waals surface area contributed by atoms with Crippen LogP contribution in [0.1, 0.15) is 49.0 Å². The third-order valence-electron chi connectivity index (χ3n) is 4.24. The van der Waals surface area contributed by atoms with Crippen molar-refractivity contribution in [1.29, 1.82) is 0 Å². The van der Waals surface area contributed by atoms with Gasteiger partial charge in [0.15, 0.2) is 0 Å². The van der Waals surface area contributed by atoms with E-state index in [1.807, 2.05) is 6.92 Å².